The van der Waals surface area contributed by atoms with Crippen LogP contribution in [-0.2, 0) is 9.53 Å². The first-order valence-corrected chi connectivity index (χ1v) is 3.88. The Hall–Kier alpha value is -1.13. The van der Waals surface area contributed by atoms with E-state index in [4.69, 9.17) is 4.74 Å². The van der Waals surface area contributed by atoms with Crippen LogP contribution in [0.3, 0.4) is 0 Å². The van der Waals surface area contributed by atoms with Crippen molar-refractivity contribution < 1.29 is 9.53 Å². The summed E-state index contributed by atoms with van der Waals surface area (Å²) in [6.45, 7) is 5.64. The fourth-order valence-corrected chi connectivity index (χ4v) is 0.778. The van der Waals surface area contributed by atoms with Gasteiger partial charge in [-0.3, -0.25) is 9.97 Å². The van der Waals surface area contributed by atoms with Crippen molar-refractivity contribution in [3.63, 3.8) is 0 Å². The van der Waals surface area contributed by atoms with Crippen LogP contribution in [0.1, 0.15) is 12.6 Å². The van der Waals surface area contributed by atoms with Crippen LogP contribution in [0.4, 0.5) is 0 Å². The van der Waals surface area contributed by atoms with Gasteiger partial charge in [-0.1, -0.05) is 6.58 Å². The molecular formula is C9H12Cl2N2O2. The van der Waals surface area contributed by atoms with Gasteiger partial charge in [-0.05, 0) is 6.92 Å². The zero-order chi connectivity index (χ0) is 9.68. The minimum atomic E-state index is -0.456. The molecule has 0 unspecified atom stereocenters. The minimum absolute atomic E-state index is 0. The van der Waals surface area contributed by atoms with Gasteiger partial charge in [-0.2, -0.15) is 0 Å². The summed E-state index contributed by atoms with van der Waals surface area (Å²) in [6, 6.07) is 0. The predicted molar refractivity (Wildman–Crippen MR) is 62.2 cm³/mol. The molecule has 0 aliphatic heterocycles. The van der Waals surface area contributed by atoms with Gasteiger partial charge in [0.1, 0.15) is 0 Å². The molecule has 0 atom stereocenters. The molecule has 0 aromatic carbocycles. The van der Waals surface area contributed by atoms with Gasteiger partial charge < -0.3 is 4.74 Å². The van der Waals surface area contributed by atoms with Crippen LogP contribution < -0.4 is 0 Å². The maximum absolute atomic E-state index is 11.2. The van der Waals surface area contributed by atoms with Gasteiger partial charge in [-0.25, -0.2) is 4.79 Å². The summed E-state index contributed by atoms with van der Waals surface area (Å²) in [5, 5.41) is 0. The van der Waals surface area contributed by atoms with E-state index in [0.717, 1.165) is 0 Å². The van der Waals surface area contributed by atoms with E-state index in [1.807, 2.05) is 0 Å². The molecule has 1 rings (SSSR count). The highest BCUT2D eigenvalue weighted by molar-refractivity contribution is 6.14. The molecule has 4 nitrogen and oxygen atoms in total. The van der Waals surface area contributed by atoms with Crippen LogP contribution >= 0.6 is 24.8 Å². The van der Waals surface area contributed by atoms with Crippen LogP contribution in [-0.4, -0.2) is 22.5 Å². The minimum Gasteiger partial charge on any atom is -0.462 e. The summed E-state index contributed by atoms with van der Waals surface area (Å²) < 4.78 is 4.75. The summed E-state index contributed by atoms with van der Waals surface area (Å²) in [7, 11) is 0. The standard InChI is InChI=1S/C9H10N2O2.2ClH/c1-3-13-9(12)7(2)8-6-10-4-5-11-8;;/h4-6H,2-3H2,1H3;2*1H. The van der Waals surface area contributed by atoms with Gasteiger partial charge in [0.25, 0.3) is 0 Å². The SMILES string of the molecule is C=C(C(=O)OCC)c1cnccn1.Cl.Cl. The van der Waals surface area contributed by atoms with E-state index in [1.54, 1.807) is 6.92 Å². The summed E-state index contributed by atoms with van der Waals surface area (Å²) in [5.41, 5.74) is 0.677. The molecule has 0 amide bonds. The van der Waals surface area contributed by atoms with Gasteiger partial charge in [-0.15, -0.1) is 24.8 Å². The Morgan fingerprint density at radius 3 is 2.60 bits per heavy atom. The smallest absolute Gasteiger partial charge is 0.339 e. The molecule has 0 aliphatic carbocycles. The average molecular weight is 251 g/mol. The molecule has 0 N–H and O–H groups in total. The molecule has 1 aromatic rings. The Morgan fingerprint density at radius 2 is 2.13 bits per heavy atom. The van der Waals surface area contributed by atoms with Gasteiger partial charge in [0.15, 0.2) is 0 Å². The molecule has 0 saturated heterocycles. The number of ether oxygens (including phenoxy) is 1. The summed E-state index contributed by atoms with van der Waals surface area (Å²) >= 11 is 0. The quantitative estimate of drug-likeness (QED) is 0.608. The second kappa shape index (κ2) is 8.20. The van der Waals surface area contributed by atoms with E-state index in [1.165, 1.54) is 18.6 Å². The predicted octanol–water partition coefficient (Wildman–Crippen LogP) is 1.90. The van der Waals surface area contributed by atoms with Crippen molar-refractivity contribution in [1.82, 2.24) is 9.97 Å². The number of hydrogen-bond donors (Lipinski definition) is 0. The Balaban J connectivity index is 0. The van der Waals surface area contributed by atoms with E-state index in [-0.39, 0.29) is 30.4 Å². The molecule has 0 spiro atoms. The van der Waals surface area contributed by atoms with Crippen LogP contribution in [0.2, 0.25) is 0 Å². The van der Waals surface area contributed by atoms with Crippen molar-refractivity contribution in [3.05, 3.63) is 30.9 Å². The molecule has 84 valence electrons. The second-order valence-electron chi connectivity index (χ2n) is 2.29. The maximum atomic E-state index is 11.2. The Kier molecular flexibility index (Phi) is 8.91. The van der Waals surface area contributed by atoms with Gasteiger partial charge in [0.2, 0.25) is 0 Å². The lowest BCUT2D eigenvalue weighted by atomic mass is 10.2. The molecule has 0 fully saturated rings. The number of halogens is 2. The first kappa shape index (κ1) is 16.3. The lowest BCUT2D eigenvalue weighted by molar-refractivity contribution is -0.136. The topological polar surface area (TPSA) is 52.1 Å². The van der Waals surface area contributed by atoms with Gasteiger partial charge in [0, 0.05) is 12.4 Å². The number of nitrogens with zero attached hydrogens (tertiary/aromatic N) is 2. The summed E-state index contributed by atoms with van der Waals surface area (Å²) in [4.78, 5) is 18.9. The van der Waals surface area contributed by atoms with Crippen molar-refractivity contribution in [2.24, 2.45) is 0 Å². The molecular weight excluding hydrogens is 239 g/mol. The number of carbonyl (C=O) groups is 1. The summed E-state index contributed by atoms with van der Waals surface area (Å²) in [6.07, 6.45) is 4.50. The van der Waals surface area contributed by atoms with Gasteiger partial charge in [0.05, 0.1) is 24.1 Å². The third-order valence-electron chi connectivity index (χ3n) is 1.39. The molecule has 0 radical (unpaired) electrons. The molecule has 1 aromatic heterocycles. The third kappa shape index (κ3) is 4.76. The Bertz CT molecular complexity index is 317. The zero-order valence-corrected chi connectivity index (χ0v) is 9.81. The molecule has 15 heavy (non-hydrogen) atoms. The van der Waals surface area contributed by atoms with Gasteiger partial charge >= 0.3 is 5.97 Å². The fourth-order valence-electron chi connectivity index (χ4n) is 0.778. The average Bonchev–Trinajstić information content (AvgIpc) is 2.18. The van der Waals surface area contributed by atoms with Crippen molar-refractivity contribution in [3.8, 4) is 0 Å². The highest BCUT2D eigenvalue weighted by Crippen LogP contribution is 2.08. The lowest BCUT2D eigenvalue weighted by Crippen LogP contribution is -2.06. The van der Waals surface area contributed by atoms with Crippen LogP contribution in [0.25, 0.3) is 5.57 Å². The fraction of sp³-hybridized carbons (Fsp3) is 0.222. The zero-order valence-electron chi connectivity index (χ0n) is 8.17. The Morgan fingerprint density at radius 1 is 1.47 bits per heavy atom. The lowest BCUT2D eigenvalue weighted by Gasteiger charge is -2.02. The van der Waals surface area contributed by atoms with Crippen LogP contribution in [0.15, 0.2) is 25.2 Å². The summed E-state index contributed by atoms with van der Waals surface area (Å²) in [5.74, 6) is -0.456. The number of rotatable bonds is 3. The first-order valence-electron chi connectivity index (χ1n) is 3.88. The van der Waals surface area contributed by atoms with E-state index in [0.29, 0.717) is 12.3 Å². The molecule has 6 heteroatoms. The number of esters is 1. The number of carbonyl (C=O) groups excluding carboxylic acids is 1. The normalized spacial score (nSPS) is 8.07. The van der Waals surface area contributed by atoms with E-state index >= 15 is 0 Å². The van der Waals surface area contributed by atoms with Crippen molar-refractivity contribution in [1.29, 1.82) is 0 Å². The van der Waals surface area contributed by atoms with E-state index in [9.17, 15) is 4.79 Å². The Labute approximate surface area is 101 Å². The number of aromatic nitrogens is 2. The monoisotopic (exact) mass is 250 g/mol. The molecule has 0 bridgehead atoms. The second-order valence-corrected chi connectivity index (χ2v) is 2.29. The largest absolute Gasteiger partial charge is 0.462 e. The molecule has 0 saturated carbocycles. The van der Waals surface area contributed by atoms with Crippen LogP contribution in [0.5, 0.6) is 0 Å². The number of hydrogen-bond acceptors (Lipinski definition) is 4. The first-order chi connectivity index (χ1) is 6.25. The van der Waals surface area contributed by atoms with Crippen molar-refractivity contribution >= 4 is 36.4 Å². The van der Waals surface area contributed by atoms with Crippen LogP contribution in [0, 0.1) is 0 Å². The highest BCUT2D eigenvalue weighted by atomic mass is 35.5. The van der Waals surface area contributed by atoms with Crippen molar-refractivity contribution in [2.45, 2.75) is 6.92 Å². The van der Waals surface area contributed by atoms with E-state index in [2.05, 4.69) is 16.5 Å². The molecule has 0 aliphatic rings. The van der Waals surface area contributed by atoms with Crippen molar-refractivity contribution in [2.75, 3.05) is 6.61 Å². The van der Waals surface area contributed by atoms with E-state index < -0.39 is 5.97 Å². The third-order valence-corrected chi connectivity index (χ3v) is 1.39. The molecule has 1 heterocycles. The highest BCUT2D eigenvalue weighted by Gasteiger charge is 2.10. The maximum Gasteiger partial charge on any atom is 0.339 e.